The predicted molar refractivity (Wildman–Crippen MR) is 51.7 cm³/mol. The SMILES string of the molecule is CC(=O)c1ccc2c(c1)CCC2N. The third-order valence-corrected chi connectivity index (χ3v) is 2.67. The Kier molecular flexibility index (Phi) is 1.93. The van der Waals surface area contributed by atoms with Crippen LogP contribution in [0.3, 0.4) is 0 Å². The molecular formula is C11H13NO. The first-order chi connectivity index (χ1) is 6.18. The number of fused-ring (bicyclic) bond motifs is 1. The van der Waals surface area contributed by atoms with E-state index in [2.05, 4.69) is 0 Å². The summed E-state index contributed by atoms with van der Waals surface area (Å²) in [5.41, 5.74) is 9.15. The minimum atomic E-state index is 0.128. The van der Waals surface area contributed by atoms with E-state index in [1.165, 1.54) is 11.1 Å². The molecule has 13 heavy (non-hydrogen) atoms. The summed E-state index contributed by atoms with van der Waals surface area (Å²) >= 11 is 0. The predicted octanol–water partition coefficient (Wildman–Crippen LogP) is 1.84. The van der Waals surface area contributed by atoms with Crippen molar-refractivity contribution in [3.8, 4) is 0 Å². The van der Waals surface area contributed by atoms with E-state index in [9.17, 15) is 4.79 Å². The minimum absolute atomic E-state index is 0.128. The van der Waals surface area contributed by atoms with Gasteiger partial charge in [-0.3, -0.25) is 4.79 Å². The van der Waals surface area contributed by atoms with Gasteiger partial charge in [0.05, 0.1) is 0 Å². The molecule has 0 heterocycles. The van der Waals surface area contributed by atoms with Crippen molar-refractivity contribution in [3.63, 3.8) is 0 Å². The van der Waals surface area contributed by atoms with Gasteiger partial charge in [0.25, 0.3) is 0 Å². The highest BCUT2D eigenvalue weighted by atomic mass is 16.1. The van der Waals surface area contributed by atoms with E-state index in [-0.39, 0.29) is 11.8 Å². The molecule has 0 amide bonds. The Hall–Kier alpha value is -1.15. The molecule has 0 fully saturated rings. The number of Topliss-reactive ketones (excluding diaryl/α,β-unsaturated/α-hetero) is 1. The van der Waals surface area contributed by atoms with Crippen LogP contribution in [-0.2, 0) is 6.42 Å². The third kappa shape index (κ3) is 1.38. The molecule has 68 valence electrons. The van der Waals surface area contributed by atoms with Gasteiger partial charge in [-0.1, -0.05) is 12.1 Å². The zero-order valence-electron chi connectivity index (χ0n) is 7.71. The van der Waals surface area contributed by atoms with Gasteiger partial charge in [0.1, 0.15) is 0 Å². The molecule has 0 aromatic heterocycles. The quantitative estimate of drug-likeness (QED) is 0.662. The number of aryl methyl sites for hydroxylation is 1. The minimum Gasteiger partial charge on any atom is -0.324 e. The van der Waals surface area contributed by atoms with Gasteiger partial charge in [0.15, 0.2) is 5.78 Å². The number of rotatable bonds is 1. The van der Waals surface area contributed by atoms with E-state index in [0.717, 1.165) is 18.4 Å². The number of benzene rings is 1. The second-order valence-corrected chi connectivity index (χ2v) is 3.61. The monoisotopic (exact) mass is 175 g/mol. The molecule has 0 saturated heterocycles. The Morgan fingerprint density at radius 2 is 2.31 bits per heavy atom. The summed E-state index contributed by atoms with van der Waals surface area (Å²) in [5, 5.41) is 0. The fourth-order valence-corrected chi connectivity index (χ4v) is 1.87. The Bertz CT molecular complexity index is 357. The molecule has 2 rings (SSSR count). The Morgan fingerprint density at radius 3 is 3.00 bits per heavy atom. The molecule has 2 heteroatoms. The summed E-state index contributed by atoms with van der Waals surface area (Å²) in [6, 6.07) is 6.01. The number of ketones is 1. The molecule has 2 N–H and O–H groups in total. The topological polar surface area (TPSA) is 43.1 Å². The standard InChI is InChI=1S/C11H13NO/c1-7(13)8-2-4-10-9(6-8)3-5-11(10)12/h2,4,6,11H,3,5,12H2,1H3. The summed E-state index contributed by atoms with van der Waals surface area (Å²) in [4.78, 5) is 11.1. The molecule has 1 atom stereocenters. The molecule has 1 aromatic rings. The van der Waals surface area contributed by atoms with E-state index in [0.29, 0.717) is 0 Å². The van der Waals surface area contributed by atoms with Gasteiger partial charge in [-0.05, 0) is 37.0 Å². The number of carbonyl (C=O) groups excluding carboxylic acids is 1. The molecule has 0 spiro atoms. The van der Waals surface area contributed by atoms with Gasteiger partial charge in [0.2, 0.25) is 0 Å². The highest BCUT2D eigenvalue weighted by molar-refractivity contribution is 5.94. The maximum Gasteiger partial charge on any atom is 0.159 e. The zero-order valence-corrected chi connectivity index (χ0v) is 7.71. The summed E-state index contributed by atoms with van der Waals surface area (Å²) in [6.07, 6.45) is 2.02. The second-order valence-electron chi connectivity index (χ2n) is 3.61. The fraction of sp³-hybridized carbons (Fsp3) is 0.364. The van der Waals surface area contributed by atoms with Gasteiger partial charge in [0, 0.05) is 11.6 Å². The Morgan fingerprint density at radius 1 is 1.54 bits per heavy atom. The first-order valence-corrected chi connectivity index (χ1v) is 4.58. The summed E-state index contributed by atoms with van der Waals surface area (Å²) in [5.74, 6) is 0.128. The largest absolute Gasteiger partial charge is 0.324 e. The molecule has 1 aromatic carbocycles. The van der Waals surface area contributed by atoms with Crippen LogP contribution in [-0.4, -0.2) is 5.78 Å². The van der Waals surface area contributed by atoms with Crippen LogP contribution >= 0.6 is 0 Å². The Balaban J connectivity index is 2.45. The van der Waals surface area contributed by atoms with E-state index in [1.54, 1.807) is 6.92 Å². The lowest BCUT2D eigenvalue weighted by atomic mass is 10.0. The molecule has 1 unspecified atom stereocenters. The second kappa shape index (κ2) is 2.96. The van der Waals surface area contributed by atoms with Crippen LogP contribution in [0.15, 0.2) is 18.2 Å². The number of hydrogen-bond acceptors (Lipinski definition) is 2. The van der Waals surface area contributed by atoms with E-state index in [1.807, 2.05) is 18.2 Å². The normalized spacial score (nSPS) is 20.0. The maximum absolute atomic E-state index is 11.1. The smallest absolute Gasteiger partial charge is 0.159 e. The number of hydrogen-bond donors (Lipinski definition) is 1. The molecule has 0 aliphatic heterocycles. The molecular weight excluding hydrogens is 162 g/mol. The summed E-state index contributed by atoms with van der Waals surface area (Å²) in [6.45, 7) is 1.59. The van der Waals surface area contributed by atoms with Gasteiger partial charge in [-0.15, -0.1) is 0 Å². The van der Waals surface area contributed by atoms with E-state index < -0.39 is 0 Å². The van der Waals surface area contributed by atoms with Crippen molar-refractivity contribution >= 4 is 5.78 Å². The van der Waals surface area contributed by atoms with Crippen molar-refractivity contribution in [2.75, 3.05) is 0 Å². The highest BCUT2D eigenvalue weighted by Gasteiger charge is 2.19. The molecule has 1 aliphatic rings. The van der Waals surface area contributed by atoms with Gasteiger partial charge >= 0.3 is 0 Å². The van der Waals surface area contributed by atoms with Crippen LogP contribution in [0.25, 0.3) is 0 Å². The zero-order chi connectivity index (χ0) is 9.42. The average molecular weight is 175 g/mol. The summed E-state index contributed by atoms with van der Waals surface area (Å²) in [7, 11) is 0. The molecule has 0 bridgehead atoms. The molecule has 2 nitrogen and oxygen atoms in total. The van der Waals surface area contributed by atoms with E-state index >= 15 is 0 Å². The van der Waals surface area contributed by atoms with Gasteiger partial charge in [-0.2, -0.15) is 0 Å². The van der Waals surface area contributed by atoms with Crippen LogP contribution in [0.4, 0.5) is 0 Å². The van der Waals surface area contributed by atoms with Gasteiger partial charge in [-0.25, -0.2) is 0 Å². The van der Waals surface area contributed by atoms with Crippen LogP contribution in [0, 0.1) is 0 Å². The lowest BCUT2D eigenvalue weighted by molar-refractivity contribution is 0.101. The molecule has 1 aliphatic carbocycles. The molecule has 0 saturated carbocycles. The highest BCUT2D eigenvalue weighted by Crippen LogP contribution is 2.29. The van der Waals surface area contributed by atoms with Crippen molar-refractivity contribution in [3.05, 3.63) is 34.9 Å². The lowest BCUT2D eigenvalue weighted by Gasteiger charge is -2.04. The van der Waals surface area contributed by atoms with Crippen molar-refractivity contribution < 1.29 is 4.79 Å². The van der Waals surface area contributed by atoms with Crippen molar-refractivity contribution in [2.24, 2.45) is 5.73 Å². The average Bonchev–Trinajstić information content (AvgIpc) is 2.47. The van der Waals surface area contributed by atoms with Crippen molar-refractivity contribution in [1.82, 2.24) is 0 Å². The Labute approximate surface area is 77.8 Å². The van der Waals surface area contributed by atoms with Crippen LogP contribution in [0.1, 0.15) is 40.9 Å². The number of nitrogens with two attached hydrogens (primary N) is 1. The maximum atomic E-state index is 11.1. The fourth-order valence-electron chi connectivity index (χ4n) is 1.87. The van der Waals surface area contributed by atoms with Crippen LogP contribution in [0.5, 0.6) is 0 Å². The van der Waals surface area contributed by atoms with Crippen molar-refractivity contribution in [2.45, 2.75) is 25.8 Å². The van der Waals surface area contributed by atoms with Crippen LogP contribution in [0.2, 0.25) is 0 Å². The molecule has 0 radical (unpaired) electrons. The van der Waals surface area contributed by atoms with Crippen molar-refractivity contribution in [1.29, 1.82) is 0 Å². The number of carbonyl (C=O) groups is 1. The first-order valence-electron chi connectivity index (χ1n) is 4.58. The van der Waals surface area contributed by atoms with Crippen LogP contribution < -0.4 is 5.73 Å². The lowest BCUT2D eigenvalue weighted by Crippen LogP contribution is -2.05. The first kappa shape index (κ1) is 8.45. The van der Waals surface area contributed by atoms with Gasteiger partial charge < -0.3 is 5.73 Å². The van der Waals surface area contributed by atoms with E-state index in [4.69, 9.17) is 5.73 Å². The third-order valence-electron chi connectivity index (χ3n) is 2.67. The summed E-state index contributed by atoms with van der Waals surface area (Å²) < 4.78 is 0.